The Morgan fingerprint density at radius 1 is 1.10 bits per heavy atom. The molecule has 3 unspecified atom stereocenters. The van der Waals surface area contributed by atoms with E-state index in [1.165, 1.54) is 11.6 Å². The van der Waals surface area contributed by atoms with Gasteiger partial charge in [-0.1, -0.05) is 53.1 Å². The predicted octanol–water partition coefficient (Wildman–Crippen LogP) is 5.37. The zero-order valence-electron chi connectivity index (χ0n) is 21.5. The van der Waals surface area contributed by atoms with E-state index in [9.17, 15) is 14.7 Å². The van der Waals surface area contributed by atoms with Gasteiger partial charge in [-0.15, -0.1) is 0 Å². The maximum Gasteiger partial charge on any atom is 0.238 e. The number of nitrogens with one attached hydrogen (secondary N) is 3. The van der Waals surface area contributed by atoms with Crippen molar-refractivity contribution in [1.82, 2.24) is 10.6 Å². The van der Waals surface area contributed by atoms with Crippen LogP contribution in [0, 0.1) is 5.82 Å². The Balaban J connectivity index is 1.51. The van der Waals surface area contributed by atoms with Gasteiger partial charge in [0, 0.05) is 28.7 Å². The van der Waals surface area contributed by atoms with Crippen LogP contribution < -0.4 is 16.0 Å². The third kappa shape index (κ3) is 4.57. The van der Waals surface area contributed by atoms with E-state index in [2.05, 4.69) is 22.0 Å². The van der Waals surface area contributed by atoms with Gasteiger partial charge < -0.3 is 15.7 Å². The second-order valence-electron chi connectivity index (χ2n) is 11.3. The third-order valence-electron chi connectivity index (χ3n) is 9.02. The van der Waals surface area contributed by atoms with Crippen LogP contribution in [0.15, 0.2) is 48.0 Å². The molecule has 3 fully saturated rings. The van der Waals surface area contributed by atoms with Crippen molar-refractivity contribution < 1.29 is 19.1 Å². The van der Waals surface area contributed by atoms with Crippen LogP contribution in [0.5, 0.6) is 0 Å². The number of carbonyl (C=O) groups excluding carboxylic acids is 2. The molecule has 6 nitrogen and oxygen atoms in total. The van der Waals surface area contributed by atoms with E-state index in [0.29, 0.717) is 42.0 Å². The van der Waals surface area contributed by atoms with Crippen LogP contribution in [0.25, 0.3) is 0 Å². The quantitative estimate of drug-likeness (QED) is 0.371. The summed E-state index contributed by atoms with van der Waals surface area (Å²) in [6, 6.07) is 8.45. The minimum Gasteiger partial charge on any atom is -0.393 e. The molecule has 4 N–H and O–H groups in total. The zero-order chi connectivity index (χ0) is 27.3. The van der Waals surface area contributed by atoms with Crippen LogP contribution in [0.2, 0.25) is 10.0 Å². The maximum atomic E-state index is 15.8. The minimum atomic E-state index is -1.30. The number of aliphatic hydroxyl groups is 1. The molecule has 1 spiro atoms. The highest BCUT2D eigenvalue weighted by molar-refractivity contribution is 6.31. The number of hydrogen-bond acceptors (Lipinski definition) is 4. The SMILES string of the molecule is O=C(NC1CCC(O)CC1)[C@@H]1NC(C=C2CCCC2)C2(C(=O)Nc3cc(Cl)ccc32)C1c1cccc(Cl)c1F. The molecular weight excluding hydrogens is 540 g/mol. The van der Waals surface area contributed by atoms with E-state index < -0.39 is 29.2 Å². The second kappa shape index (κ2) is 10.5. The summed E-state index contributed by atoms with van der Waals surface area (Å²) in [5.74, 6) is -2.10. The number of halogens is 3. The van der Waals surface area contributed by atoms with Gasteiger partial charge >= 0.3 is 0 Å². The van der Waals surface area contributed by atoms with Crippen LogP contribution in [-0.4, -0.2) is 41.2 Å². The molecule has 2 aliphatic carbocycles. The van der Waals surface area contributed by atoms with Crippen molar-refractivity contribution in [2.24, 2.45) is 0 Å². The molecule has 206 valence electrons. The van der Waals surface area contributed by atoms with Crippen LogP contribution in [0.1, 0.15) is 68.4 Å². The molecular formula is C30H32Cl2FN3O3. The standard InChI is InChI=1S/C30H32Cl2FN3O3/c31-17-8-13-21-23(15-17)35-29(39)30(21)24(14-16-4-1-2-5-16)36-27(25(30)20-6-3-7-22(32)26(20)33)28(38)34-18-9-11-19(37)12-10-18/h3,6-8,13-15,18-19,24-25,27,36-37H,1-2,4-5,9-12H2,(H,34,38)(H,35,39)/t18?,19?,24?,25?,27-,30?/m1/s1. The zero-order valence-corrected chi connectivity index (χ0v) is 23.0. The van der Waals surface area contributed by atoms with Gasteiger partial charge in [-0.05, 0) is 80.7 Å². The van der Waals surface area contributed by atoms with Gasteiger partial charge in [0.1, 0.15) is 11.2 Å². The molecule has 0 radical (unpaired) electrons. The van der Waals surface area contributed by atoms with Crippen molar-refractivity contribution in [3.63, 3.8) is 0 Å². The Bertz CT molecular complexity index is 1330. The fourth-order valence-electron chi connectivity index (χ4n) is 7.16. The number of fused-ring (bicyclic) bond motifs is 2. The van der Waals surface area contributed by atoms with E-state index in [1.54, 1.807) is 24.3 Å². The first-order valence-electron chi connectivity index (χ1n) is 13.8. The molecule has 0 aromatic heterocycles. The van der Waals surface area contributed by atoms with E-state index in [4.69, 9.17) is 23.2 Å². The average molecular weight is 573 g/mol. The van der Waals surface area contributed by atoms with Gasteiger partial charge in [0.15, 0.2) is 0 Å². The van der Waals surface area contributed by atoms with Crippen molar-refractivity contribution >= 4 is 40.7 Å². The van der Waals surface area contributed by atoms with Gasteiger partial charge in [-0.3, -0.25) is 14.9 Å². The fourth-order valence-corrected chi connectivity index (χ4v) is 7.51. The van der Waals surface area contributed by atoms with Crippen LogP contribution in [-0.2, 0) is 15.0 Å². The number of aliphatic hydroxyl groups excluding tert-OH is 1. The summed E-state index contributed by atoms with van der Waals surface area (Å²) < 4.78 is 15.8. The number of anilines is 1. The number of rotatable bonds is 4. The topological polar surface area (TPSA) is 90.5 Å². The molecule has 2 aromatic rings. The predicted molar refractivity (Wildman–Crippen MR) is 150 cm³/mol. The molecule has 39 heavy (non-hydrogen) atoms. The Morgan fingerprint density at radius 3 is 2.59 bits per heavy atom. The van der Waals surface area contributed by atoms with Crippen LogP contribution >= 0.6 is 23.2 Å². The minimum absolute atomic E-state index is 0.0598. The van der Waals surface area contributed by atoms with Crippen molar-refractivity contribution in [3.05, 3.63) is 75.0 Å². The molecule has 4 aliphatic rings. The normalized spacial score (nSPS) is 31.8. The van der Waals surface area contributed by atoms with Crippen LogP contribution in [0.4, 0.5) is 10.1 Å². The number of benzene rings is 2. The lowest BCUT2D eigenvalue weighted by Crippen LogP contribution is -2.49. The van der Waals surface area contributed by atoms with E-state index >= 15 is 4.39 Å². The summed E-state index contributed by atoms with van der Waals surface area (Å²) >= 11 is 12.6. The second-order valence-corrected chi connectivity index (χ2v) is 12.1. The van der Waals surface area contributed by atoms with Gasteiger partial charge in [0.05, 0.1) is 17.2 Å². The lowest BCUT2D eigenvalue weighted by atomic mass is 9.64. The van der Waals surface area contributed by atoms with Gasteiger partial charge in [0.25, 0.3) is 0 Å². The molecule has 0 bridgehead atoms. The van der Waals surface area contributed by atoms with E-state index in [-0.39, 0.29) is 34.5 Å². The summed E-state index contributed by atoms with van der Waals surface area (Å²) in [5, 5.41) is 20.0. The Kier molecular flexibility index (Phi) is 7.21. The maximum absolute atomic E-state index is 15.8. The van der Waals surface area contributed by atoms with Crippen molar-refractivity contribution in [2.45, 2.75) is 86.9 Å². The van der Waals surface area contributed by atoms with Crippen LogP contribution in [0.3, 0.4) is 0 Å². The number of amides is 2. The van der Waals surface area contributed by atoms with E-state index in [0.717, 1.165) is 25.7 Å². The van der Waals surface area contributed by atoms with Crippen molar-refractivity contribution in [1.29, 1.82) is 0 Å². The average Bonchev–Trinajstić information content (AvgIpc) is 3.61. The molecule has 2 aromatic carbocycles. The number of carbonyl (C=O) groups is 2. The summed E-state index contributed by atoms with van der Waals surface area (Å²) in [6.45, 7) is 0. The summed E-state index contributed by atoms with van der Waals surface area (Å²) in [5.41, 5.74) is 1.41. The lowest BCUT2D eigenvalue weighted by molar-refractivity contribution is -0.124. The highest BCUT2D eigenvalue weighted by atomic mass is 35.5. The summed E-state index contributed by atoms with van der Waals surface area (Å²) in [4.78, 5) is 28.2. The lowest BCUT2D eigenvalue weighted by Gasteiger charge is -2.35. The smallest absolute Gasteiger partial charge is 0.238 e. The molecule has 1 saturated heterocycles. The Hall–Kier alpha value is -2.45. The van der Waals surface area contributed by atoms with Gasteiger partial charge in [-0.25, -0.2) is 4.39 Å². The first-order valence-corrected chi connectivity index (χ1v) is 14.5. The van der Waals surface area contributed by atoms with Gasteiger partial charge in [0.2, 0.25) is 11.8 Å². The summed E-state index contributed by atoms with van der Waals surface area (Å²) in [7, 11) is 0. The first-order chi connectivity index (χ1) is 18.8. The monoisotopic (exact) mass is 571 g/mol. The largest absolute Gasteiger partial charge is 0.393 e. The van der Waals surface area contributed by atoms with Gasteiger partial charge in [-0.2, -0.15) is 0 Å². The highest BCUT2D eigenvalue weighted by Gasteiger charge is 2.65. The Labute approximate surface area is 237 Å². The molecule has 9 heteroatoms. The van der Waals surface area contributed by atoms with E-state index in [1.807, 2.05) is 6.07 Å². The molecule has 4 atom stereocenters. The number of hydrogen-bond donors (Lipinski definition) is 4. The molecule has 2 saturated carbocycles. The molecule has 2 amide bonds. The van der Waals surface area contributed by atoms with Crippen molar-refractivity contribution in [3.8, 4) is 0 Å². The molecule has 2 aliphatic heterocycles. The molecule has 2 heterocycles. The Morgan fingerprint density at radius 2 is 1.85 bits per heavy atom. The third-order valence-corrected chi connectivity index (χ3v) is 9.54. The summed E-state index contributed by atoms with van der Waals surface area (Å²) in [6.07, 6.45) is 8.31. The first kappa shape index (κ1) is 26.8. The highest BCUT2D eigenvalue weighted by Crippen LogP contribution is 2.56. The number of allylic oxidation sites excluding steroid dienone is 1. The fraction of sp³-hybridized carbons (Fsp3) is 0.467. The van der Waals surface area contributed by atoms with Crippen molar-refractivity contribution in [2.75, 3.05) is 5.32 Å². The molecule has 6 rings (SSSR count).